The van der Waals surface area contributed by atoms with Gasteiger partial charge >= 0.3 is 0 Å². The van der Waals surface area contributed by atoms with Gasteiger partial charge in [0.15, 0.2) is 0 Å². The lowest BCUT2D eigenvalue weighted by Gasteiger charge is -2.21. The zero-order valence-corrected chi connectivity index (χ0v) is 12.9. The summed E-state index contributed by atoms with van der Waals surface area (Å²) in [7, 11) is 0. The van der Waals surface area contributed by atoms with E-state index in [-0.39, 0.29) is 23.5 Å². The Morgan fingerprint density at radius 1 is 1.41 bits per heavy atom. The molecule has 0 aliphatic heterocycles. The van der Waals surface area contributed by atoms with Crippen molar-refractivity contribution in [3.63, 3.8) is 0 Å². The molecule has 0 aliphatic carbocycles. The van der Waals surface area contributed by atoms with Gasteiger partial charge in [-0.05, 0) is 36.5 Å². The number of benzene rings is 1. The van der Waals surface area contributed by atoms with E-state index in [9.17, 15) is 14.3 Å². The van der Waals surface area contributed by atoms with E-state index < -0.39 is 5.82 Å². The lowest BCUT2D eigenvalue weighted by molar-refractivity contribution is 0.0949. The highest BCUT2D eigenvalue weighted by molar-refractivity contribution is 6.05. The summed E-state index contributed by atoms with van der Waals surface area (Å²) >= 11 is 0. The normalized spacial score (nSPS) is 11.6. The maximum absolute atomic E-state index is 13.6. The highest BCUT2D eigenvalue weighted by Crippen LogP contribution is 2.21. The fourth-order valence-electron chi connectivity index (χ4n) is 2.27. The molecule has 1 heterocycles. The van der Waals surface area contributed by atoms with Crippen molar-refractivity contribution in [1.29, 1.82) is 0 Å². The fourth-order valence-corrected chi connectivity index (χ4v) is 2.27. The van der Waals surface area contributed by atoms with Crippen LogP contribution in [0.1, 0.15) is 37.0 Å². The number of aromatic nitrogens is 1. The third-order valence-corrected chi connectivity index (χ3v) is 3.66. The Bertz CT molecular complexity index is 671. The van der Waals surface area contributed by atoms with Crippen LogP contribution in [-0.2, 0) is 0 Å². The summed E-state index contributed by atoms with van der Waals surface area (Å²) in [6, 6.07) is 6.01. The number of carbonyl (C=O) groups is 1. The van der Waals surface area contributed by atoms with Gasteiger partial charge in [0, 0.05) is 24.7 Å². The molecule has 0 spiro atoms. The first-order valence-electron chi connectivity index (χ1n) is 7.36. The molecule has 0 atom stereocenters. The number of rotatable bonds is 6. The Balaban J connectivity index is 2.04. The molecule has 0 radical (unpaired) electrons. The average molecular weight is 304 g/mol. The van der Waals surface area contributed by atoms with Gasteiger partial charge in [0.05, 0.1) is 11.1 Å². The van der Waals surface area contributed by atoms with Crippen LogP contribution in [0.3, 0.4) is 0 Å². The molecule has 2 aromatic rings. The summed E-state index contributed by atoms with van der Waals surface area (Å²) in [5.74, 6) is -0.780. The Labute approximate surface area is 129 Å². The monoisotopic (exact) mass is 304 g/mol. The lowest BCUT2D eigenvalue weighted by Crippen LogP contribution is -2.26. The maximum atomic E-state index is 13.6. The number of fused-ring (bicyclic) bond motifs is 1. The maximum Gasteiger partial charge on any atom is 0.253 e. The Hall–Kier alpha value is -2.01. The van der Waals surface area contributed by atoms with Crippen LogP contribution < -0.4 is 5.32 Å². The van der Waals surface area contributed by atoms with Crippen molar-refractivity contribution >= 4 is 16.8 Å². The van der Waals surface area contributed by atoms with Crippen molar-refractivity contribution in [2.24, 2.45) is 5.41 Å². The number of carbonyl (C=O) groups excluding carboxylic acids is 1. The van der Waals surface area contributed by atoms with Crippen molar-refractivity contribution < 1.29 is 14.3 Å². The molecule has 1 aromatic carbocycles. The molecular formula is C17H21FN2O2. The van der Waals surface area contributed by atoms with Crippen LogP contribution >= 0.6 is 0 Å². The minimum atomic E-state index is -0.452. The number of aliphatic hydroxyl groups excluding tert-OH is 1. The molecule has 0 saturated carbocycles. The molecule has 1 aromatic heterocycles. The van der Waals surface area contributed by atoms with E-state index >= 15 is 0 Å². The Morgan fingerprint density at radius 3 is 2.91 bits per heavy atom. The number of pyridine rings is 1. The van der Waals surface area contributed by atoms with Crippen LogP contribution in [0, 0.1) is 11.2 Å². The van der Waals surface area contributed by atoms with Gasteiger partial charge in [-0.15, -0.1) is 0 Å². The first kappa shape index (κ1) is 16.4. The lowest BCUT2D eigenvalue weighted by atomic mass is 9.89. The van der Waals surface area contributed by atoms with Gasteiger partial charge in [0.25, 0.3) is 5.91 Å². The third kappa shape index (κ3) is 4.01. The molecule has 1 amide bonds. The summed E-state index contributed by atoms with van der Waals surface area (Å²) in [6.45, 7) is 4.53. The van der Waals surface area contributed by atoms with E-state index in [4.69, 9.17) is 0 Å². The van der Waals surface area contributed by atoms with Crippen molar-refractivity contribution in [3.8, 4) is 0 Å². The molecule has 0 unspecified atom stereocenters. The highest BCUT2D eigenvalue weighted by atomic mass is 19.1. The molecule has 2 rings (SSSR count). The van der Waals surface area contributed by atoms with Crippen LogP contribution in [0.4, 0.5) is 4.39 Å². The summed E-state index contributed by atoms with van der Waals surface area (Å²) in [5, 5.41) is 12.6. The zero-order chi connectivity index (χ0) is 16.2. The predicted octanol–water partition coefficient (Wildman–Crippen LogP) is 2.90. The second-order valence-electron chi connectivity index (χ2n) is 6.21. The fraction of sp³-hybridized carbons (Fsp3) is 0.412. The number of nitrogens with zero attached hydrogens (tertiary/aromatic N) is 1. The second kappa shape index (κ2) is 6.83. The van der Waals surface area contributed by atoms with Gasteiger partial charge in [-0.2, -0.15) is 0 Å². The van der Waals surface area contributed by atoms with E-state index in [0.29, 0.717) is 17.4 Å². The zero-order valence-electron chi connectivity index (χ0n) is 12.9. The molecule has 4 nitrogen and oxygen atoms in total. The van der Waals surface area contributed by atoms with Crippen LogP contribution in [-0.4, -0.2) is 29.1 Å². The third-order valence-electron chi connectivity index (χ3n) is 3.66. The van der Waals surface area contributed by atoms with Crippen LogP contribution in [0.15, 0.2) is 30.5 Å². The molecule has 0 aliphatic rings. The standard InChI is InChI=1S/C17H21FN2O2/c1-17(2,11-21)6-4-8-20-16(22)14-10-13(18)9-12-5-3-7-19-15(12)14/h3,5,7,9-10,21H,4,6,8,11H2,1-2H3,(H,20,22). The van der Waals surface area contributed by atoms with Crippen molar-refractivity contribution in [3.05, 3.63) is 41.8 Å². The number of hydrogen-bond acceptors (Lipinski definition) is 3. The molecule has 0 fully saturated rings. The van der Waals surface area contributed by atoms with Gasteiger partial charge in [-0.1, -0.05) is 19.9 Å². The summed E-state index contributed by atoms with van der Waals surface area (Å²) < 4.78 is 13.6. The summed E-state index contributed by atoms with van der Waals surface area (Å²) in [6.07, 6.45) is 3.13. The molecule has 2 N–H and O–H groups in total. The number of halogens is 1. The summed E-state index contributed by atoms with van der Waals surface area (Å²) in [4.78, 5) is 16.4. The SMILES string of the molecule is CC(C)(CO)CCCNC(=O)c1cc(F)cc2cccnc12. The Morgan fingerprint density at radius 2 is 2.18 bits per heavy atom. The molecule has 118 valence electrons. The molecular weight excluding hydrogens is 283 g/mol. The van der Waals surface area contributed by atoms with Gasteiger partial charge in [-0.3, -0.25) is 9.78 Å². The van der Waals surface area contributed by atoms with Gasteiger partial charge in [0.2, 0.25) is 0 Å². The highest BCUT2D eigenvalue weighted by Gasteiger charge is 2.16. The largest absolute Gasteiger partial charge is 0.396 e. The van der Waals surface area contributed by atoms with Crippen LogP contribution in [0.5, 0.6) is 0 Å². The van der Waals surface area contributed by atoms with E-state index in [0.717, 1.165) is 12.8 Å². The quantitative estimate of drug-likeness (QED) is 0.807. The molecule has 0 saturated heterocycles. The first-order chi connectivity index (χ1) is 10.4. The average Bonchev–Trinajstić information content (AvgIpc) is 2.50. The molecule has 0 bridgehead atoms. The van der Waals surface area contributed by atoms with Crippen molar-refractivity contribution in [1.82, 2.24) is 10.3 Å². The second-order valence-corrected chi connectivity index (χ2v) is 6.21. The predicted molar refractivity (Wildman–Crippen MR) is 84.1 cm³/mol. The minimum Gasteiger partial charge on any atom is -0.396 e. The van der Waals surface area contributed by atoms with Gasteiger partial charge in [-0.25, -0.2) is 4.39 Å². The Kier molecular flexibility index (Phi) is 5.08. The molecule has 5 heteroatoms. The van der Waals surface area contributed by atoms with Gasteiger partial charge in [0.1, 0.15) is 5.82 Å². The smallest absolute Gasteiger partial charge is 0.253 e. The topological polar surface area (TPSA) is 62.2 Å². The van der Waals surface area contributed by atoms with Gasteiger partial charge < -0.3 is 10.4 Å². The van der Waals surface area contributed by atoms with E-state index in [1.54, 1.807) is 18.3 Å². The minimum absolute atomic E-state index is 0.111. The number of amides is 1. The number of aliphatic hydroxyl groups is 1. The van der Waals surface area contributed by atoms with E-state index in [2.05, 4.69) is 10.3 Å². The first-order valence-corrected chi connectivity index (χ1v) is 7.36. The van der Waals surface area contributed by atoms with Crippen LogP contribution in [0.2, 0.25) is 0 Å². The van der Waals surface area contributed by atoms with E-state index in [1.165, 1.54) is 12.1 Å². The number of hydrogen-bond donors (Lipinski definition) is 2. The molecule has 22 heavy (non-hydrogen) atoms. The summed E-state index contributed by atoms with van der Waals surface area (Å²) in [5.41, 5.74) is 0.590. The van der Waals surface area contributed by atoms with Crippen molar-refractivity contribution in [2.75, 3.05) is 13.2 Å². The van der Waals surface area contributed by atoms with E-state index in [1.807, 2.05) is 13.8 Å². The van der Waals surface area contributed by atoms with Crippen LogP contribution in [0.25, 0.3) is 10.9 Å². The van der Waals surface area contributed by atoms with Crippen molar-refractivity contribution in [2.45, 2.75) is 26.7 Å². The number of nitrogens with one attached hydrogen (secondary N) is 1.